The van der Waals surface area contributed by atoms with E-state index in [-0.39, 0.29) is 58.5 Å². The van der Waals surface area contributed by atoms with Crippen LogP contribution in [0.15, 0.2) is 53.6 Å². The maximum Gasteiger partial charge on any atom is 0.317 e. The summed E-state index contributed by atoms with van der Waals surface area (Å²) >= 11 is 0. The van der Waals surface area contributed by atoms with E-state index in [9.17, 15) is 37.2 Å². The lowest BCUT2D eigenvalue weighted by molar-refractivity contribution is -0.136. The molecular formula is C40H45N9O8S. The quantitative estimate of drug-likeness (QED) is 0.260. The number of nitrogens with zero attached hydrogens (tertiary/aromatic N) is 6. The molecule has 1 aromatic heterocycles. The number of nitrogens with two attached hydrogens (primary N) is 1. The smallest absolute Gasteiger partial charge is 0.317 e. The van der Waals surface area contributed by atoms with Gasteiger partial charge >= 0.3 is 6.03 Å². The molecule has 4 fully saturated rings. The molecule has 5 aliphatic heterocycles. The van der Waals surface area contributed by atoms with Gasteiger partial charge in [0.25, 0.3) is 17.7 Å². The van der Waals surface area contributed by atoms with Crippen molar-refractivity contribution in [3.8, 4) is 0 Å². The third kappa shape index (κ3) is 7.77. The molecule has 0 bridgehead atoms. The molecule has 6 heterocycles. The summed E-state index contributed by atoms with van der Waals surface area (Å²) in [6, 6.07) is 10.4. The van der Waals surface area contributed by atoms with Crippen molar-refractivity contribution in [2.24, 2.45) is 11.1 Å². The third-order valence-corrected chi connectivity index (χ3v) is 13.1. The van der Waals surface area contributed by atoms with Gasteiger partial charge in [-0.15, -0.1) is 0 Å². The van der Waals surface area contributed by atoms with Gasteiger partial charge in [0, 0.05) is 71.0 Å². The first-order valence-electron chi connectivity index (χ1n) is 19.5. The predicted octanol–water partition coefficient (Wildman–Crippen LogP) is 1.25. The molecular weight excluding hydrogens is 767 g/mol. The van der Waals surface area contributed by atoms with E-state index in [1.807, 2.05) is 15.9 Å². The largest absolute Gasteiger partial charge is 0.364 e. The number of aromatic nitrogens is 2. The normalized spacial score (nSPS) is 22.1. The van der Waals surface area contributed by atoms with E-state index in [0.29, 0.717) is 44.2 Å². The highest BCUT2D eigenvalue weighted by molar-refractivity contribution is 7.90. The highest BCUT2D eigenvalue weighted by atomic mass is 32.2. The second kappa shape index (κ2) is 15.2. The first kappa shape index (κ1) is 39.1. The number of primary amides is 1. The SMILES string of the molecule is CS(=O)(=O)c1ccc(Cc2nc(N3CCC[C@@H](NC(=O)N4CCC5(CC4)CN(Cc4ccc6c(c4)C(=O)N(C4CCC(=O)NC4=O)C6=O)C5)C3)cnc2C(N)=O)cc1. The number of rotatable bonds is 9. The number of amides is 7. The molecule has 2 atom stereocenters. The van der Waals surface area contributed by atoms with Crippen LogP contribution in [-0.2, 0) is 32.4 Å². The van der Waals surface area contributed by atoms with Crippen LogP contribution in [-0.4, -0.2) is 126 Å². The minimum atomic E-state index is -3.36. The van der Waals surface area contributed by atoms with E-state index < -0.39 is 45.4 Å². The number of carbonyl (C=O) groups excluding carboxylic acids is 6. The van der Waals surface area contributed by atoms with Crippen LogP contribution >= 0.6 is 0 Å². The van der Waals surface area contributed by atoms with Crippen molar-refractivity contribution in [1.29, 1.82) is 0 Å². The Hall–Kier alpha value is -5.75. The summed E-state index contributed by atoms with van der Waals surface area (Å²) in [4.78, 5) is 92.5. The summed E-state index contributed by atoms with van der Waals surface area (Å²) in [7, 11) is -3.36. The Labute approximate surface area is 335 Å². The van der Waals surface area contributed by atoms with Crippen molar-refractivity contribution in [3.05, 3.63) is 82.3 Å². The van der Waals surface area contributed by atoms with E-state index >= 15 is 0 Å². The van der Waals surface area contributed by atoms with Gasteiger partial charge in [-0.3, -0.25) is 39.1 Å². The Morgan fingerprint density at radius 2 is 1.66 bits per heavy atom. The lowest BCUT2D eigenvalue weighted by Gasteiger charge is -2.54. The highest BCUT2D eigenvalue weighted by Crippen LogP contribution is 2.41. The van der Waals surface area contributed by atoms with Crippen molar-refractivity contribution in [2.45, 2.75) is 68.5 Å². The number of sulfone groups is 1. The fraction of sp³-hybridized carbons (Fsp3) is 0.450. The number of likely N-dealkylation sites (tertiary alicyclic amines) is 2. The van der Waals surface area contributed by atoms with Crippen molar-refractivity contribution in [1.82, 2.24) is 35.3 Å². The van der Waals surface area contributed by atoms with Crippen LogP contribution in [0.2, 0.25) is 0 Å². The summed E-state index contributed by atoms with van der Waals surface area (Å²) < 4.78 is 23.8. The summed E-state index contributed by atoms with van der Waals surface area (Å²) in [5.74, 6) is -2.22. The molecule has 58 heavy (non-hydrogen) atoms. The fourth-order valence-electron chi connectivity index (χ4n) is 8.90. The predicted molar refractivity (Wildman–Crippen MR) is 208 cm³/mol. The molecule has 1 unspecified atom stereocenters. The van der Waals surface area contributed by atoms with Crippen LogP contribution < -0.4 is 21.3 Å². The number of hydrogen-bond donors (Lipinski definition) is 3. The van der Waals surface area contributed by atoms with E-state index in [1.165, 1.54) is 18.3 Å². The van der Waals surface area contributed by atoms with Crippen molar-refractivity contribution in [2.75, 3.05) is 50.4 Å². The average molecular weight is 812 g/mol. The maximum atomic E-state index is 13.5. The number of carbonyl (C=O) groups is 6. The Kier molecular flexibility index (Phi) is 10.2. The zero-order valence-electron chi connectivity index (χ0n) is 32.1. The Morgan fingerprint density at radius 3 is 2.34 bits per heavy atom. The molecule has 4 saturated heterocycles. The highest BCUT2D eigenvalue weighted by Gasteiger charge is 2.47. The van der Waals surface area contributed by atoms with Gasteiger partial charge in [0.15, 0.2) is 9.84 Å². The van der Waals surface area contributed by atoms with Crippen molar-refractivity contribution < 1.29 is 37.2 Å². The topological polar surface area (TPSA) is 225 Å². The van der Waals surface area contributed by atoms with Gasteiger partial charge in [-0.1, -0.05) is 18.2 Å². The van der Waals surface area contributed by atoms with Crippen molar-refractivity contribution in [3.63, 3.8) is 0 Å². The lowest BCUT2D eigenvalue weighted by Crippen LogP contribution is -2.61. The summed E-state index contributed by atoms with van der Waals surface area (Å²) in [6.07, 6.45) is 6.44. The fourth-order valence-corrected chi connectivity index (χ4v) is 9.53. The minimum absolute atomic E-state index is 0.0488. The zero-order chi connectivity index (χ0) is 40.9. The molecule has 5 aliphatic rings. The number of hydrogen-bond acceptors (Lipinski definition) is 12. The molecule has 18 heteroatoms. The molecule has 0 saturated carbocycles. The molecule has 0 radical (unpaired) electrons. The average Bonchev–Trinajstić information content (AvgIpc) is 3.42. The van der Waals surface area contributed by atoms with E-state index in [1.54, 1.807) is 24.3 Å². The van der Waals surface area contributed by atoms with Gasteiger partial charge in [0.2, 0.25) is 11.8 Å². The van der Waals surface area contributed by atoms with Crippen LogP contribution in [0.1, 0.15) is 86.6 Å². The Balaban J connectivity index is 0.822. The van der Waals surface area contributed by atoms with Crippen LogP contribution in [0.25, 0.3) is 0 Å². The molecule has 304 valence electrons. The van der Waals surface area contributed by atoms with Gasteiger partial charge in [0.05, 0.1) is 27.9 Å². The maximum absolute atomic E-state index is 13.5. The molecule has 1 spiro atoms. The monoisotopic (exact) mass is 811 g/mol. The van der Waals surface area contributed by atoms with Gasteiger partial charge in [0.1, 0.15) is 17.6 Å². The molecule has 7 amide bonds. The summed E-state index contributed by atoms with van der Waals surface area (Å²) in [5, 5.41) is 5.44. The number of imide groups is 2. The van der Waals surface area contributed by atoms with E-state index in [2.05, 4.69) is 20.5 Å². The first-order valence-corrected chi connectivity index (χ1v) is 21.4. The molecule has 0 aliphatic carbocycles. The van der Waals surface area contributed by atoms with Gasteiger partial charge in [-0.25, -0.2) is 23.2 Å². The zero-order valence-corrected chi connectivity index (χ0v) is 32.9. The molecule has 8 rings (SSSR count). The van der Waals surface area contributed by atoms with Gasteiger partial charge in [-0.2, -0.15) is 0 Å². The second-order valence-corrected chi connectivity index (χ2v) is 18.2. The standard InChI is InChI=1S/C40H45N9O8S/c1-58(56,57)27-7-4-24(5-8-27)18-30-34(35(41)51)42-19-32(44-30)48-14-2-3-26(21-48)43-39(55)47-15-12-40(13-16-47)22-46(23-40)20-25-6-9-28-29(17-25)38(54)49(37(28)53)31-10-11-33(50)45-36(31)52/h4-9,17,19,26,31H,2-3,10-16,18,20-23H2,1H3,(H2,41,51)(H,43,55)(H,45,50,52)/t26-,31?/m1/s1. The van der Waals surface area contributed by atoms with Crippen molar-refractivity contribution >= 4 is 51.2 Å². The number of piperidine rings is 3. The van der Waals surface area contributed by atoms with E-state index in [0.717, 1.165) is 61.1 Å². The Bertz CT molecular complexity index is 2320. The first-order chi connectivity index (χ1) is 27.7. The minimum Gasteiger partial charge on any atom is -0.364 e. The summed E-state index contributed by atoms with van der Waals surface area (Å²) in [6.45, 7) is 4.80. The van der Waals surface area contributed by atoms with E-state index in [4.69, 9.17) is 10.7 Å². The number of anilines is 1. The second-order valence-electron chi connectivity index (χ2n) is 16.2. The molecule has 4 N–H and O–H groups in total. The lowest BCUT2D eigenvalue weighted by atomic mass is 9.72. The Morgan fingerprint density at radius 1 is 0.948 bits per heavy atom. The van der Waals surface area contributed by atoms with Gasteiger partial charge in [-0.05, 0) is 72.9 Å². The van der Waals surface area contributed by atoms with Crippen LogP contribution in [0.3, 0.4) is 0 Å². The van der Waals surface area contributed by atoms with Crippen LogP contribution in [0.4, 0.5) is 10.6 Å². The van der Waals surface area contributed by atoms with Gasteiger partial charge < -0.3 is 20.9 Å². The van der Waals surface area contributed by atoms with Crippen LogP contribution in [0.5, 0.6) is 0 Å². The third-order valence-electron chi connectivity index (χ3n) is 12.0. The number of fused-ring (bicyclic) bond motifs is 1. The molecule has 2 aromatic carbocycles. The number of benzene rings is 2. The molecule has 3 aromatic rings. The summed E-state index contributed by atoms with van der Waals surface area (Å²) in [5.41, 5.74) is 8.34. The number of nitrogens with one attached hydrogen (secondary N) is 2. The van der Waals surface area contributed by atoms with Crippen LogP contribution in [0, 0.1) is 5.41 Å². The molecule has 17 nitrogen and oxygen atoms in total. The number of urea groups is 1.